The molecule has 2 fully saturated rings. The summed E-state index contributed by atoms with van der Waals surface area (Å²) in [6.45, 7) is 1.97. The number of benzene rings is 2. The minimum Gasteiger partial charge on any atom is -0.380 e. The number of morpholine rings is 1. The standard InChI is InChI=1S/C20H23F2N3O3S/c21-18-7-6-16(12-19(18)22)23-20-14-25(13-17(20)15-4-2-1-3-5-15)29(26,27)24-8-10-28-11-9-24/h1-7,12,17,20,23H,8-11,13-14H2/t17-,20-/m0/s1. The zero-order chi connectivity index (χ0) is 20.4. The lowest BCUT2D eigenvalue weighted by Gasteiger charge is -2.30. The van der Waals surface area contributed by atoms with Crippen molar-refractivity contribution in [3.8, 4) is 0 Å². The first-order valence-corrected chi connectivity index (χ1v) is 10.9. The van der Waals surface area contributed by atoms with Gasteiger partial charge in [-0.15, -0.1) is 0 Å². The lowest BCUT2D eigenvalue weighted by atomic mass is 9.94. The van der Waals surface area contributed by atoms with Gasteiger partial charge in [-0.2, -0.15) is 17.0 Å². The van der Waals surface area contributed by atoms with Crippen molar-refractivity contribution < 1.29 is 21.9 Å². The van der Waals surface area contributed by atoms with Crippen molar-refractivity contribution in [1.82, 2.24) is 8.61 Å². The second-order valence-corrected chi connectivity index (χ2v) is 9.16. The molecule has 2 saturated heterocycles. The third-order valence-corrected chi connectivity index (χ3v) is 7.38. The van der Waals surface area contributed by atoms with E-state index in [1.54, 1.807) is 0 Å². The Morgan fingerprint density at radius 1 is 0.931 bits per heavy atom. The number of halogens is 2. The highest BCUT2D eigenvalue weighted by atomic mass is 32.2. The summed E-state index contributed by atoms with van der Waals surface area (Å²) in [5, 5.41) is 3.21. The summed E-state index contributed by atoms with van der Waals surface area (Å²) in [7, 11) is -3.63. The first-order chi connectivity index (χ1) is 13.9. The van der Waals surface area contributed by atoms with Crippen LogP contribution < -0.4 is 5.32 Å². The molecule has 0 aliphatic carbocycles. The summed E-state index contributed by atoms with van der Waals surface area (Å²) in [4.78, 5) is 0. The average Bonchev–Trinajstić information content (AvgIpc) is 3.17. The highest BCUT2D eigenvalue weighted by Crippen LogP contribution is 2.32. The highest BCUT2D eigenvalue weighted by molar-refractivity contribution is 7.86. The van der Waals surface area contributed by atoms with Crippen LogP contribution in [0.1, 0.15) is 11.5 Å². The number of hydrogen-bond acceptors (Lipinski definition) is 4. The monoisotopic (exact) mass is 423 g/mol. The number of rotatable bonds is 5. The van der Waals surface area contributed by atoms with Crippen LogP contribution in [0, 0.1) is 11.6 Å². The Balaban J connectivity index is 1.60. The maximum Gasteiger partial charge on any atom is 0.282 e. The van der Waals surface area contributed by atoms with Gasteiger partial charge in [-0.3, -0.25) is 0 Å². The van der Waals surface area contributed by atoms with Gasteiger partial charge in [0.1, 0.15) is 0 Å². The molecule has 0 unspecified atom stereocenters. The predicted molar refractivity (Wildman–Crippen MR) is 106 cm³/mol. The Morgan fingerprint density at radius 2 is 1.66 bits per heavy atom. The normalized spacial score (nSPS) is 23.9. The van der Waals surface area contributed by atoms with Crippen molar-refractivity contribution in [3.63, 3.8) is 0 Å². The molecule has 0 radical (unpaired) electrons. The van der Waals surface area contributed by atoms with Crippen LogP contribution in [0.15, 0.2) is 48.5 Å². The van der Waals surface area contributed by atoms with E-state index in [-0.39, 0.29) is 18.5 Å². The lowest BCUT2D eigenvalue weighted by molar-refractivity contribution is 0.0705. The molecule has 6 nitrogen and oxygen atoms in total. The number of nitrogens with zero attached hydrogens (tertiary/aromatic N) is 2. The van der Waals surface area contributed by atoms with Gasteiger partial charge in [-0.1, -0.05) is 30.3 Å². The molecule has 4 rings (SSSR count). The van der Waals surface area contributed by atoms with E-state index in [9.17, 15) is 17.2 Å². The molecule has 0 aromatic heterocycles. The van der Waals surface area contributed by atoms with Gasteiger partial charge in [0.05, 0.1) is 13.2 Å². The van der Waals surface area contributed by atoms with Gasteiger partial charge in [-0.05, 0) is 17.7 Å². The van der Waals surface area contributed by atoms with Crippen LogP contribution in [0.5, 0.6) is 0 Å². The summed E-state index contributed by atoms with van der Waals surface area (Å²) >= 11 is 0. The molecule has 1 N–H and O–H groups in total. The average molecular weight is 423 g/mol. The molecule has 29 heavy (non-hydrogen) atoms. The zero-order valence-corrected chi connectivity index (χ0v) is 16.6. The Bertz CT molecular complexity index is 953. The second-order valence-electron chi connectivity index (χ2n) is 7.23. The van der Waals surface area contributed by atoms with Crippen molar-refractivity contribution in [1.29, 1.82) is 0 Å². The molecular formula is C20H23F2N3O3S. The van der Waals surface area contributed by atoms with Crippen LogP contribution in [0.3, 0.4) is 0 Å². The van der Waals surface area contributed by atoms with Gasteiger partial charge >= 0.3 is 0 Å². The van der Waals surface area contributed by atoms with E-state index in [1.165, 1.54) is 14.7 Å². The largest absolute Gasteiger partial charge is 0.380 e. The smallest absolute Gasteiger partial charge is 0.282 e. The Hall–Kier alpha value is -2.07. The van der Waals surface area contributed by atoms with E-state index in [1.807, 2.05) is 30.3 Å². The molecule has 2 aliphatic rings. The first-order valence-electron chi connectivity index (χ1n) is 9.54. The fraction of sp³-hybridized carbons (Fsp3) is 0.400. The summed E-state index contributed by atoms with van der Waals surface area (Å²) in [6.07, 6.45) is 0. The quantitative estimate of drug-likeness (QED) is 0.803. The number of anilines is 1. The minimum atomic E-state index is -3.63. The summed E-state index contributed by atoms with van der Waals surface area (Å²) in [6, 6.07) is 13.0. The Kier molecular flexibility index (Phi) is 5.82. The van der Waals surface area contributed by atoms with Gasteiger partial charge < -0.3 is 10.1 Å². The van der Waals surface area contributed by atoms with Crippen LogP contribution >= 0.6 is 0 Å². The van der Waals surface area contributed by atoms with Crippen molar-refractivity contribution in [2.45, 2.75) is 12.0 Å². The van der Waals surface area contributed by atoms with E-state index in [0.717, 1.165) is 17.7 Å². The van der Waals surface area contributed by atoms with E-state index in [4.69, 9.17) is 4.74 Å². The first kappa shape index (κ1) is 20.2. The number of nitrogens with one attached hydrogen (secondary N) is 1. The van der Waals surface area contributed by atoms with Crippen LogP contribution in [-0.2, 0) is 14.9 Å². The number of hydrogen-bond donors (Lipinski definition) is 1. The molecule has 2 aromatic rings. The SMILES string of the molecule is O=S(=O)(N1CCOCC1)N1C[C@H](Nc2ccc(F)c(F)c2)[C@H](c2ccccc2)C1. The maximum absolute atomic E-state index is 13.6. The molecule has 2 atom stereocenters. The van der Waals surface area contributed by atoms with Crippen LogP contribution in [0.25, 0.3) is 0 Å². The maximum atomic E-state index is 13.6. The Labute approximate surface area is 169 Å². The molecule has 2 aliphatic heterocycles. The van der Waals surface area contributed by atoms with Gasteiger partial charge in [0, 0.05) is 49.9 Å². The fourth-order valence-corrected chi connectivity index (χ4v) is 5.52. The van der Waals surface area contributed by atoms with E-state index >= 15 is 0 Å². The molecule has 0 bridgehead atoms. The van der Waals surface area contributed by atoms with E-state index < -0.39 is 21.8 Å². The fourth-order valence-electron chi connectivity index (χ4n) is 3.88. The number of ether oxygens (including phenoxy) is 1. The van der Waals surface area contributed by atoms with Crippen molar-refractivity contribution in [2.24, 2.45) is 0 Å². The lowest BCUT2D eigenvalue weighted by Crippen LogP contribution is -2.48. The Morgan fingerprint density at radius 3 is 2.34 bits per heavy atom. The van der Waals surface area contributed by atoms with Crippen LogP contribution in [0.2, 0.25) is 0 Å². The molecule has 2 aromatic carbocycles. The molecule has 0 spiro atoms. The van der Waals surface area contributed by atoms with Crippen LogP contribution in [-0.4, -0.2) is 62.5 Å². The second kappa shape index (κ2) is 8.35. The van der Waals surface area contributed by atoms with E-state index in [0.29, 0.717) is 38.5 Å². The minimum absolute atomic E-state index is 0.125. The molecule has 0 saturated carbocycles. The summed E-state index contributed by atoms with van der Waals surface area (Å²) < 4.78 is 61.3. The third kappa shape index (κ3) is 4.28. The third-order valence-electron chi connectivity index (χ3n) is 5.41. The summed E-state index contributed by atoms with van der Waals surface area (Å²) in [5.74, 6) is -1.99. The predicted octanol–water partition coefficient (Wildman–Crippen LogP) is 2.42. The molecule has 0 amide bonds. The van der Waals surface area contributed by atoms with Crippen molar-refractivity contribution in [2.75, 3.05) is 44.7 Å². The van der Waals surface area contributed by atoms with Gasteiger partial charge in [0.25, 0.3) is 10.2 Å². The van der Waals surface area contributed by atoms with Crippen LogP contribution in [0.4, 0.5) is 14.5 Å². The van der Waals surface area contributed by atoms with Gasteiger partial charge in [0.15, 0.2) is 11.6 Å². The molecule has 156 valence electrons. The van der Waals surface area contributed by atoms with Gasteiger partial charge in [-0.25, -0.2) is 8.78 Å². The summed E-state index contributed by atoms with van der Waals surface area (Å²) in [5.41, 5.74) is 1.41. The van der Waals surface area contributed by atoms with Crippen molar-refractivity contribution in [3.05, 3.63) is 65.7 Å². The molecule has 9 heteroatoms. The highest BCUT2D eigenvalue weighted by Gasteiger charge is 2.42. The zero-order valence-electron chi connectivity index (χ0n) is 15.8. The molecular weight excluding hydrogens is 400 g/mol. The molecule has 2 heterocycles. The topological polar surface area (TPSA) is 61.9 Å². The van der Waals surface area contributed by atoms with E-state index in [2.05, 4.69) is 5.32 Å². The van der Waals surface area contributed by atoms with Crippen molar-refractivity contribution >= 4 is 15.9 Å². The van der Waals surface area contributed by atoms with Gasteiger partial charge in [0.2, 0.25) is 0 Å².